The number of piperazine rings is 1. The van der Waals surface area contributed by atoms with Crippen molar-refractivity contribution in [2.75, 3.05) is 31.1 Å². The summed E-state index contributed by atoms with van der Waals surface area (Å²) in [5, 5.41) is 9.25. The number of amides is 1. The summed E-state index contributed by atoms with van der Waals surface area (Å²) in [5.74, 6) is 1.02. The minimum atomic E-state index is 0.181. The molecule has 0 aliphatic carbocycles. The molecule has 7 heteroatoms. The third-order valence-electron chi connectivity index (χ3n) is 5.18. The quantitative estimate of drug-likeness (QED) is 0.549. The molecule has 0 radical (unpaired) electrons. The summed E-state index contributed by atoms with van der Waals surface area (Å²) in [6.07, 6.45) is 2.20. The first-order chi connectivity index (χ1) is 15.1. The molecule has 31 heavy (non-hydrogen) atoms. The van der Waals surface area contributed by atoms with Crippen molar-refractivity contribution in [3.8, 4) is 11.4 Å². The highest BCUT2D eigenvalue weighted by Gasteiger charge is 2.22. The number of benzene rings is 1. The van der Waals surface area contributed by atoms with E-state index in [4.69, 9.17) is 0 Å². The molecule has 1 aliphatic rings. The van der Waals surface area contributed by atoms with Crippen molar-refractivity contribution in [3.05, 3.63) is 66.4 Å². The fourth-order valence-electron chi connectivity index (χ4n) is 3.57. The fourth-order valence-corrected chi connectivity index (χ4v) is 4.41. The summed E-state index contributed by atoms with van der Waals surface area (Å²) in [6.45, 7) is 7.28. The first kappa shape index (κ1) is 21.3. The Bertz CT molecular complexity index is 985. The number of carbonyl (C=O) groups excluding carboxylic acids is 1. The number of anilines is 1. The minimum Gasteiger partial charge on any atom is -0.352 e. The molecule has 3 aromatic rings. The molecular weight excluding hydrogens is 406 g/mol. The maximum atomic E-state index is 12.7. The molecule has 0 N–H and O–H groups in total. The molecule has 0 unspecified atom stereocenters. The van der Waals surface area contributed by atoms with Crippen LogP contribution >= 0.6 is 11.8 Å². The van der Waals surface area contributed by atoms with E-state index in [0.717, 1.165) is 35.9 Å². The van der Waals surface area contributed by atoms with Gasteiger partial charge in [-0.3, -0.25) is 9.78 Å². The monoisotopic (exact) mass is 433 g/mol. The van der Waals surface area contributed by atoms with Gasteiger partial charge in [-0.25, -0.2) is 0 Å². The molecule has 2 aromatic heterocycles. The topological polar surface area (TPSA) is 62.2 Å². The number of hydrogen-bond acceptors (Lipinski definition) is 6. The maximum Gasteiger partial charge on any atom is 0.227 e. The largest absolute Gasteiger partial charge is 0.352 e. The van der Waals surface area contributed by atoms with Gasteiger partial charge in [-0.15, -0.1) is 22.0 Å². The summed E-state index contributed by atoms with van der Waals surface area (Å²) < 4.78 is 0. The molecular formula is C24H27N5OS. The van der Waals surface area contributed by atoms with E-state index >= 15 is 0 Å². The van der Waals surface area contributed by atoms with Gasteiger partial charge in [0.05, 0.1) is 12.1 Å². The smallest absolute Gasteiger partial charge is 0.227 e. The first-order valence-electron chi connectivity index (χ1n) is 10.6. The lowest BCUT2D eigenvalue weighted by atomic mass is 10.1. The molecule has 3 heterocycles. The van der Waals surface area contributed by atoms with Crippen molar-refractivity contribution < 1.29 is 4.79 Å². The van der Waals surface area contributed by atoms with Crippen LogP contribution in [0.3, 0.4) is 0 Å². The van der Waals surface area contributed by atoms with Crippen LogP contribution in [0.1, 0.15) is 19.4 Å². The van der Waals surface area contributed by atoms with Crippen LogP contribution in [-0.2, 0) is 11.2 Å². The predicted octanol–water partition coefficient (Wildman–Crippen LogP) is 3.93. The second-order valence-corrected chi connectivity index (χ2v) is 9.50. The van der Waals surface area contributed by atoms with E-state index in [1.165, 1.54) is 4.90 Å². The number of aromatic nitrogens is 3. The summed E-state index contributed by atoms with van der Waals surface area (Å²) in [7, 11) is 0. The van der Waals surface area contributed by atoms with Gasteiger partial charge in [0.25, 0.3) is 0 Å². The van der Waals surface area contributed by atoms with E-state index < -0.39 is 0 Å². The van der Waals surface area contributed by atoms with E-state index in [9.17, 15) is 4.79 Å². The Labute approximate surface area is 187 Å². The van der Waals surface area contributed by atoms with Gasteiger partial charge in [-0.05, 0) is 42.0 Å². The molecule has 6 nitrogen and oxygen atoms in total. The van der Waals surface area contributed by atoms with E-state index in [1.807, 2.05) is 47.0 Å². The van der Waals surface area contributed by atoms with Gasteiger partial charge in [0.2, 0.25) is 5.91 Å². The molecule has 0 bridgehead atoms. The molecule has 0 atom stereocenters. The van der Waals surface area contributed by atoms with Crippen molar-refractivity contribution in [1.29, 1.82) is 0 Å². The Morgan fingerprint density at radius 2 is 1.71 bits per heavy atom. The third kappa shape index (κ3) is 5.61. The summed E-state index contributed by atoms with van der Waals surface area (Å²) in [5.41, 5.74) is 2.64. The molecule has 1 aliphatic heterocycles. The maximum absolute atomic E-state index is 12.7. The van der Waals surface area contributed by atoms with E-state index in [2.05, 4.69) is 58.2 Å². The van der Waals surface area contributed by atoms with Crippen molar-refractivity contribution in [1.82, 2.24) is 20.1 Å². The lowest BCUT2D eigenvalue weighted by Gasteiger charge is -2.35. The Hall–Kier alpha value is -2.93. The molecule has 160 valence electrons. The van der Waals surface area contributed by atoms with Gasteiger partial charge in [0.1, 0.15) is 5.69 Å². The van der Waals surface area contributed by atoms with E-state index in [1.54, 1.807) is 6.20 Å². The zero-order chi connectivity index (χ0) is 21.6. The standard InChI is InChI=1S/C24H27N5OS/c1-18(2)31-20-8-6-19(7-9-20)17-24(30)29-15-13-28(14-16-29)23-11-10-22(26-27-23)21-5-3-4-12-25-21/h3-12,18H,13-17H2,1-2H3. The predicted molar refractivity (Wildman–Crippen MR) is 125 cm³/mol. The molecule has 1 aromatic carbocycles. The van der Waals surface area contributed by atoms with Crippen LogP contribution in [0.2, 0.25) is 0 Å². The van der Waals surface area contributed by atoms with Gasteiger partial charge in [0.15, 0.2) is 5.82 Å². The van der Waals surface area contributed by atoms with Crippen molar-refractivity contribution in [2.45, 2.75) is 30.4 Å². The fraction of sp³-hybridized carbons (Fsp3) is 0.333. The van der Waals surface area contributed by atoms with Crippen LogP contribution in [-0.4, -0.2) is 57.4 Å². The number of rotatable bonds is 6. The van der Waals surface area contributed by atoms with Crippen molar-refractivity contribution >= 4 is 23.5 Å². The molecule has 1 saturated heterocycles. The van der Waals surface area contributed by atoms with Gasteiger partial charge < -0.3 is 9.80 Å². The van der Waals surface area contributed by atoms with E-state index in [-0.39, 0.29) is 5.91 Å². The van der Waals surface area contributed by atoms with Crippen LogP contribution in [0.15, 0.2) is 65.7 Å². The highest BCUT2D eigenvalue weighted by molar-refractivity contribution is 7.99. The second-order valence-electron chi connectivity index (χ2n) is 7.85. The zero-order valence-corrected chi connectivity index (χ0v) is 18.8. The van der Waals surface area contributed by atoms with Gasteiger partial charge in [0, 0.05) is 42.5 Å². The first-order valence-corrected chi connectivity index (χ1v) is 11.5. The molecule has 1 fully saturated rings. The average Bonchev–Trinajstić information content (AvgIpc) is 2.81. The van der Waals surface area contributed by atoms with Crippen LogP contribution in [0.4, 0.5) is 5.82 Å². The highest BCUT2D eigenvalue weighted by atomic mass is 32.2. The van der Waals surface area contributed by atoms with Crippen LogP contribution in [0.25, 0.3) is 11.4 Å². The Morgan fingerprint density at radius 1 is 0.935 bits per heavy atom. The minimum absolute atomic E-state index is 0.181. The average molecular weight is 434 g/mol. The van der Waals surface area contributed by atoms with Gasteiger partial charge in [-0.1, -0.05) is 32.0 Å². The number of pyridine rings is 1. The summed E-state index contributed by atoms with van der Waals surface area (Å²) in [4.78, 5) is 22.4. The van der Waals surface area contributed by atoms with Crippen molar-refractivity contribution in [3.63, 3.8) is 0 Å². The Kier molecular flexibility index (Phi) is 6.82. The second kappa shape index (κ2) is 9.92. The lowest BCUT2D eigenvalue weighted by Crippen LogP contribution is -2.49. The number of carbonyl (C=O) groups is 1. The van der Waals surface area contributed by atoms with Crippen LogP contribution < -0.4 is 4.90 Å². The van der Waals surface area contributed by atoms with Crippen LogP contribution in [0.5, 0.6) is 0 Å². The zero-order valence-electron chi connectivity index (χ0n) is 17.9. The molecule has 1 amide bonds. The van der Waals surface area contributed by atoms with Crippen LogP contribution in [0, 0.1) is 0 Å². The lowest BCUT2D eigenvalue weighted by molar-refractivity contribution is -0.130. The SMILES string of the molecule is CC(C)Sc1ccc(CC(=O)N2CCN(c3ccc(-c4ccccn4)nn3)CC2)cc1. The van der Waals surface area contributed by atoms with Gasteiger partial charge in [-0.2, -0.15) is 0 Å². The summed E-state index contributed by atoms with van der Waals surface area (Å²) in [6, 6.07) is 18.0. The van der Waals surface area contributed by atoms with E-state index in [0.29, 0.717) is 24.8 Å². The Morgan fingerprint density at radius 3 is 2.32 bits per heavy atom. The number of thioether (sulfide) groups is 1. The van der Waals surface area contributed by atoms with Crippen molar-refractivity contribution in [2.24, 2.45) is 0 Å². The van der Waals surface area contributed by atoms with Gasteiger partial charge >= 0.3 is 0 Å². The number of hydrogen-bond donors (Lipinski definition) is 0. The summed E-state index contributed by atoms with van der Waals surface area (Å²) >= 11 is 1.84. The highest BCUT2D eigenvalue weighted by Crippen LogP contribution is 2.23. The molecule has 4 rings (SSSR count). The molecule has 0 saturated carbocycles. The Balaban J connectivity index is 1.29. The number of nitrogens with zero attached hydrogens (tertiary/aromatic N) is 5. The molecule has 0 spiro atoms. The third-order valence-corrected chi connectivity index (χ3v) is 6.20. The normalized spacial score (nSPS) is 14.2.